The van der Waals surface area contributed by atoms with E-state index in [-0.39, 0.29) is 23.7 Å². The van der Waals surface area contributed by atoms with Crippen LogP contribution in [0.3, 0.4) is 0 Å². The number of nitrogens with zero attached hydrogens (tertiary/aromatic N) is 1. The van der Waals surface area contributed by atoms with Crippen LogP contribution in [0.4, 0.5) is 5.69 Å². The van der Waals surface area contributed by atoms with E-state index >= 15 is 0 Å². The number of carbonyl (C=O) groups is 2. The molecular formula is C17H19NO2. The molecule has 1 aromatic carbocycles. The molecule has 0 aromatic heterocycles. The number of hydrogen-bond acceptors (Lipinski definition) is 2. The van der Waals surface area contributed by atoms with Gasteiger partial charge in [0.15, 0.2) is 0 Å². The second kappa shape index (κ2) is 4.18. The van der Waals surface area contributed by atoms with E-state index in [1.54, 1.807) is 0 Å². The Morgan fingerprint density at radius 3 is 2.25 bits per heavy atom. The first-order valence-electron chi connectivity index (χ1n) is 7.68. The van der Waals surface area contributed by atoms with E-state index in [2.05, 4.69) is 6.92 Å². The number of imide groups is 1. The smallest absolute Gasteiger partial charge is 0.237 e. The van der Waals surface area contributed by atoms with Gasteiger partial charge < -0.3 is 0 Å². The largest absolute Gasteiger partial charge is 0.274 e. The molecule has 4 rings (SSSR count). The van der Waals surface area contributed by atoms with E-state index in [9.17, 15) is 9.59 Å². The number of anilines is 1. The van der Waals surface area contributed by atoms with Crippen LogP contribution in [0.2, 0.25) is 0 Å². The Morgan fingerprint density at radius 2 is 1.65 bits per heavy atom. The zero-order chi connectivity index (χ0) is 13.9. The summed E-state index contributed by atoms with van der Waals surface area (Å²) in [6.07, 6.45) is 4.20. The maximum Gasteiger partial charge on any atom is 0.237 e. The molecule has 3 nitrogen and oxygen atoms in total. The molecule has 1 aliphatic heterocycles. The second-order valence-corrected chi connectivity index (χ2v) is 6.38. The summed E-state index contributed by atoms with van der Waals surface area (Å²) in [4.78, 5) is 27.0. The van der Waals surface area contributed by atoms with E-state index in [0.29, 0.717) is 11.8 Å². The molecule has 1 heterocycles. The van der Waals surface area contributed by atoms with Crippen LogP contribution < -0.4 is 4.90 Å². The van der Waals surface area contributed by atoms with Gasteiger partial charge in [-0.15, -0.1) is 0 Å². The van der Waals surface area contributed by atoms with Gasteiger partial charge in [0.2, 0.25) is 11.8 Å². The summed E-state index contributed by atoms with van der Waals surface area (Å²) in [5.74, 6) is 0.999. The molecule has 4 atom stereocenters. The third-order valence-electron chi connectivity index (χ3n) is 5.54. The van der Waals surface area contributed by atoms with Crippen LogP contribution in [-0.4, -0.2) is 11.8 Å². The highest BCUT2D eigenvalue weighted by atomic mass is 16.2. The molecular weight excluding hydrogens is 250 g/mol. The van der Waals surface area contributed by atoms with E-state index in [4.69, 9.17) is 0 Å². The minimum absolute atomic E-state index is 0.0221. The molecule has 0 N–H and O–H groups in total. The molecule has 2 amide bonds. The van der Waals surface area contributed by atoms with Gasteiger partial charge >= 0.3 is 0 Å². The lowest BCUT2D eigenvalue weighted by molar-refractivity contribution is -0.123. The fraction of sp³-hybridized carbons (Fsp3) is 0.529. The van der Waals surface area contributed by atoms with E-state index < -0.39 is 0 Å². The predicted molar refractivity (Wildman–Crippen MR) is 76.1 cm³/mol. The van der Waals surface area contributed by atoms with Gasteiger partial charge in [0.25, 0.3) is 0 Å². The van der Waals surface area contributed by atoms with Crippen LogP contribution in [0.15, 0.2) is 24.3 Å². The van der Waals surface area contributed by atoms with Crippen LogP contribution in [0.25, 0.3) is 0 Å². The van der Waals surface area contributed by atoms with Crippen LogP contribution in [0.1, 0.15) is 31.7 Å². The maximum atomic E-state index is 12.8. The minimum atomic E-state index is -0.0221. The SMILES string of the molecule is CCc1ccccc1N1C(=O)[C@@H]2[C@H]3CC[C@@H](C3)[C@H]2C1=O. The van der Waals surface area contributed by atoms with Gasteiger partial charge in [-0.05, 0) is 49.1 Å². The zero-order valence-electron chi connectivity index (χ0n) is 11.7. The number of fused-ring (bicyclic) bond motifs is 5. The van der Waals surface area contributed by atoms with E-state index in [1.807, 2.05) is 24.3 Å². The quantitative estimate of drug-likeness (QED) is 0.774. The molecule has 3 heteroatoms. The summed E-state index contributed by atoms with van der Waals surface area (Å²) in [5, 5.41) is 0. The number of hydrogen-bond donors (Lipinski definition) is 0. The fourth-order valence-corrected chi connectivity index (χ4v) is 4.67. The highest BCUT2D eigenvalue weighted by Gasteiger charge is 2.61. The number of carbonyl (C=O) groups excluding carboxylic acids is 2. The monoisotopic (exact) mass is 269 g/mol. The Morgan fingerprint density at radius 1 is 1.05 bits per heavy atom. The van der Waals surface area contributed by atoms with Gasteiger partial charge in [-0.25, -0.2) is 4.90 Å². The summed E-state index contributed by atoms with van der Waals surface area (Å²) in [7, 11) is 0. The van der Waals surface area contributed by atoms with E-state index in [0.717, 1.165) is 36.9 Å². The minimum Gasteiger partial charge on any atom is -0.274 e. The van der Waals surface area contributed by atoms with Crippen molar-refractivity contribution in [2.45, 2.75) is 32.6 Å². The lowest BCUT2D eigenvalue weighted by atomic mass is 9.81. The Hall–Kier alpha value is -1.64. The van der Waals surface area contributed by atoms with Gasteiger partial charge in [-0.1, -0.05) is 25.1 Å². The van der Waals surface area contributed by atoms with Crippen molar-refractivity contribution in [3.05, 3.63) is 29.8 Å². The molecule has 3 fully saturated rings. The standard InChI is InChI=1S/C17H19NO2/c1-2-10-5-3-4-6-13(10)18-16(19)14-11-7-8-12(9-11)15(14)17(18)20/h3-6,11-12,14-15H,2,7-9H2,1H3/t11-,12-,14+,15+/m0/s1. The van der Waals surface area contributed by atoms with Gasteiger partial charge in [0, 0.05) is 0 Å². The van der Waals surface area contributed by atoms with Gasteiger partial charge in [-0.2, -0.15) is 0 Å². The molecule has 2 aliphatic carbocycles. The maximum absolute atomic E-state index is 12.8. The molecule has 0 spiro atoms. The summed E-state index contributed by atoms with van der Waals surface area (Å²) in [6, 6.07) is 7.81. The summed E-state index contributed by atoms with van der Waals surface area (Å²) in [5.41, 5.74) is 1.90. The van der Waals surface area contributed by atoms with Crippen LogP contribution in [0, 0.1) is 23.7 Å². The first-order chi connectivity index (χ1) is 9.72. The third-order valence-corrected chi connectivity index (χ3v) is 5.54. The van der Waals surface area contributed by atoms with Crippen LogP contribution in [-0.2, 0) is 16.0 Å². The number of aryl methyl sites for hydroxylation is 1. The van der Waals surface area contributed by atoms with Crippen molar-refractivity contribution in [2.75, 3.05) is 4.90 Å². The highest BCUT2D eigenvalue weighted by molar-refractivity contribution is 6.22. The number of benzene rings is 1. The van der Waals surface area contributed by atoms with Crippen molar-refractivity contribution in [2.24, 2.45) is 23.7 Å². The molecule has 1 aromatic rings. The molecule has 2 saturated carbocycles. The first kappa shape index (κ1) is 12.1. The Labute approximate surface area is 119 Å². The highest BCUT2D eigenvalue weighted by Crippen LogP contribution is 2.56. The first-order valence-corrected chi connectivity index (χ1v) is 7.68. The second-order valence-electron chi connectivity index (χ2n) is 6.38. The fourth-order valence-electron chi connectivity index (χ4n) is 4.67. The summed E-state index contributed by atoms with van der Waals surface area (Å²) < 4.78 is 0. The molecule has 2 bridgehead atoms. The van der Waals surface area contributed by atoms with Crippen LogP contribution >= 0.6 is 0 Å². The van der Waals surface area contributed by atoms with Crippen LogP contribution in [0.5, 0.6) is 0 Å². The van der Waals surface area contributed by atoms with E-state index in [1.165, 1.54) is 4.90 Å². The average Bonchev–Trinajstić information content (AvgIpc) is 3.13. The lowest BCUT2D eigenvalue weighted by Gasteiger charge is -2.20. The number of para-hydroxylation sites is 1. The van der Waals surface area contributed by atoms with Crippen molar-refractivity contribution in [3.8, 4) is 0 Å². The molecule has 104 valence electrons. The van der Waals surface area contributed by atoms with Gasteiger partial charge in [-0.3, -0.25) is 9.59 Å². The normalized spacial score (nSPS) is 35.0. The topological polar surface area (TPSA) is 37.4 Å². The number of amides is 2. The Bertz CT molecular complexity index is 566. The van der Waals surface area contributed by atoms with Crippen molar-refractivity contribution in [1.82, 2.24) is 0 Å². The van der Waals surface area contributed by atoms with Crippen molar-refractivity contribution < 1.29 is 9.59 Å². The molecule has 0 unspecified atom stereocenters. The van der Waals surface area contributed by atoms with Gasteiger partial charge in [0.1, 0.15) is 0 Å². The Balaban J connectivity index is 1.77. The average molecular weight is 269 g/mol. The number of rotatable bonds is 2. The molecule has 0 radical (unpaired) electrons. The van der Waals surface area contributed by atoms with Crippen molar-refractivity contribution in [3.63, 3.8) is 0 Å². The Kier molecular flexibility index (Phi) is 2.53. The van der Waals surface area contributed by atoms with Crippen molar-refractivity contribution in [1.29, 1.82) is 0 Å². The predicted octanol–water partition coefficient (Wildman–Crippen LogP) is 2.78. The third kappa shape index (κ3) is 1.41. The molecule has 3 aliphatic rings. The van der Waals surface area contributed by atoms with Gasteiger partial charge in [0.05, 0.1) is 17.5 Å². The van der Waals surface area contributed by atoms with Crippen molar-refractivity contribution >= 4 is 17.5 Å². The summed E-state index contributed by atoms with van der Waals surface area (Å²) >= 11 is 0. The lowest BCUT2D eigenvalue weighted by Crippen LogP contribution is -2.33. The molecule has 1 saturated heterocycles. The molecule has 20 heavy (non-hydrogen) atoms. The zero-order valence-corrected chi connectivity index (χ0v) is 11.7. The summed E-state index contributed by atoms with van der Waals surface area (Å²) in [6.45, 7) is 2.06.